The van der Waals surface area contributed by atoms with Crippen molar-refractivity contribution in [2.75, 3.05) is 11.9 Å². The van der Waals surface area contributed by atoms with E-state index in [0.29, 0.717) is 35.3 Å². The Morgan fingerprint density at radius 3 is 2.52 bits per heavy atom. The van der Waals surface area contributed by atoms with E-state index in [1.54, 1.807) is 6.92 Å². The molecule has 1 aliphatic carbocycles. The van der Waals surface area contributed by atoms with Crippen LogP contribution in [-0.4, -0.2) is 24.6 Å². The Kier molecular flexibility index (Phi) is 7.42. The van der Waals surface area contributed by atoms with E-state index in [0.717, 1.165) is 24.8 Å². The van der Waals surface area contributed by atoms with Gasteiger partial charge in [0.1, 0.15) is 10.8 Å². The molecule has 31 heavy (non-hydrogen) atoms. The van der Waals surface area contributed by atoms with Gasteiger partial charge in [-0.15, -0.1) is 11.3 Å². The Morgan fingerprint density at radius 2 is 1.90 bits per heavy atom. The third-order valence-corrected chi connectivity index (χ3v) is 7.06. The topological polar surface area (TPSA) is 64.6 Å². The van der Waals surface area contributed by atoms with E-state index in [2.05, 4.69) is 26.1 Å². The largest absolute Gasteiger partial charge is 0.481 e. The maximum absolute atomic E-state index is 13.0. The van der Waals surface area contributed by atoms with Gasteiger partial charge in [0.2, 0.25) is 0 Å². The lowest BCUT2D eigenvalue weighted by molar-refractivity contribution is -0.122. The van der Waals surface area contributed by atoms with Crippen molar-refractivity contribution in [3.63, 3.8) is 0 Å². The molecule has 6 heteroatoms. The van der Waals surface area contributed by atoms with Gasteiger partial charge in [0.05, 0.1) is 12.2 Å². The highest BCUT2D eigenvalue weighted by Crippen LogP contribution is 2.44. The number of hydrogen-bond donors (Lipinski definition) is 1. The Labute approximate surface area is 189 Å². The molecule has 1 aromatic carbocycles. The molecule has 2 aromatic rings. The lowest BCUT2D eigenvalue weighted by atomic mass is 9.72. The molecule has 1 aromatic heterocycles. The van der Waals surface area contributed by atoms with Gasteiger partial charge >= 0.3 is 5.97 Å². The standard InChI is InChI=1S/C25H33NO4S/c1-6-19(30-17-11-9-8-10-12-17)22(27)26-23-21(24(28)29-7-2)18-14-13-16(25(3,4)5)15-20(18)31-23/h8-12,16,19H,6-7,13-15H2,1-5H3,(H,26,27). The molecule has 0 aliphatic heterocycles. The van der Waals surface area contributed by atoms with Crippen molar-refractivity contribution < 1.29 is 19.1 Å². The van der Waals surface area contributed by atoms with E-state index in [1.165, 1.54) is 16.2 Å². The Hall–Kier alpha value is -2.34. The van der Waals surface area contributed by atoms with E-state index in [4.69, 9.17) is 9.47 Å². The number of benzene rings is 1. The quantitative estimate of drug-likeness (QED) is 0.543. The van der Waals surface area contributed by atoms with Gasteiger partial charge in [0.15, 0.2) is 6.10 Å². The first kappa shape index (κ1) is 23.3. The second-order valence-corrected chi connectivity index (χ2v) is 10.2. The second kappa shape index (κ2) is 9.86. The van der Waals surface area contributed by atoms with E-state index >= 15 is 0 Å². The number of nitrogens with one attached hydrogen (secondary N) is 1. The van der Waals surface area contributed by atoms with Crippen LogP contribution in [0.25, 0.3) is 0 Å². The lowest BCUT2D eigenvalue weighted by Crippen LogP contribution is -2.32. The molecule has 0 fully saturated rings. The molecule has 2 unspecified atom stereocenters. The van der Waals surface area contributed by atoms with Gasteiger partial charge in [-0.05, 0) is 61.6 Å². The van der Waals surface area contributed by atoms with Crippen LogP contribution in [0.4, 0.5) is 5.00 Å². The predicted molar refractivity (Wildman–Crippen MR) is 125 cm³/mol. The van der Waals surface area contributed by atoms with Crippen molar-refractivity contribution in [3.8, 4) is 5.75 Å². The molecule has 2 atom stereocenters. The molecular weight excluding hydrogens is 410 g/mol. The summed E-state index contributed by atoms with van der Waals surface area (Å²) < 4.78 is 11.2. The number of fused-ring (bicyclic) bond motifs is 1. The van der Waals surface area contributed by atoms with Gasteiger partial charge in [-0.2, -0.15) is 0 Å². The predicted octanol–water partition coefficient (Wildman–Crippen LogP) is 5.87. The van der Waals surface area contributed by atoms with Gasteiger partial charge in [-0.3, -0.25) is 4.79 Å². The van der Waals surface area contributed by atoms with E-state index < -0.39 is 6.10 Å². The van der Waals surface area contributed by atoms with Crippen LogP contribution in [0.2, 0.25) is 0 Å². The van der Waals surface area contributed by atoms with Crippen LogP contribution < -0.4 is 10.1 Å². The fraction of sp³-hybridized carbons (Fsp3) is 0.520. The molecule has 1 amide bonds. The van der Waals surface area contributed by atoms with Crippen LogP contribution in [0.3, 0.4) is 0 Å². The number of carbonyl (C=O) groups excluding carboxylic acids is 2. The maximum atomic E-state index is 13.0. The monoisotopic (exact) mass is 443 g/mol. The van der Waals surface area contributed by atoms with Crippen molar-refractivity contribution in [2.24, 2.45) is 11.3 Å². The molecular formula is C25H33NO4S. The van der Waals surface area contributed by atoms with Gasteiger partial charge < -0.3 is 14.8 Å². The number of ether oxygens (including phenoxy) is 2. The summed E-state index contributed by atoms with van der Waals surface area (Å²) in [6.45, 7) is 10.8. The fourth-order valence-electron chi connectivity index (χ4n) is 4.01. The van der Waals surface area contributed by atoms with E-state index in [1.807, 2.05) is 37.3 Å². The number of para-hydroxylation sites is 1. The summed E-state index contributed by atoms with van der Waals surface area (Å²) in [5.74, 6) is 0.583. The molecule has 0 saturated heterocycles. The van der Waals surface area contributed by atoms with Crippen LogP contribution in [0, 0.1) is 11.3 Å². The first-order valence-electron chi connectivity index (χ1n) is 11.1. The first-order chi connectivity index (χ1) is 14.7. The first-order valence-corrected chi connectivity index (χ1v) is 11.9. The minimum Gasteiger partial charge on any atom is -0.481 e. The number of amides is 1. The SMILES string of the molecule is CCOC(=O)c1c(NC(=O)C(CC)Oc2ccccc2)sc2c1CCC(C(C)(C)C)C2. The molecule has 0 radical (unpaired) electrons. The van der Waals surface area contributed by atoms with Gasteiger partial charge in [-0.25, -0.2) is 4.79 Å². The average Bonchev–Trinajstić information content (AvgIpc) is 3.09. The van der Waals surface area contributed by atoms with Crippen molar-refractivity contribution in [1.29, 1.82) is 0 Å². The van der Waals surface area contributed by atoms with Crippen LogP contribution in [-0.2, 0) is 22.4 Å². The van der Waals surface area contributed by atoms with Crippen LogP contribution in [0.5, 0.6) is 5.75 Å². The highest BCUT2D eigenvalue weighted by molar-refractivity contribution is 7.17. The Bertz CT molecular complexity index is 914. The summed E-state index contributed by atoms with van der Waals surface area (Å²) in [7, 11) is 0. The lowest BCUT2D eigenvalue weighted by Gasteiger charge is -2.33. The van der Waals surface area contributed by atoms with Crippen molar-refractivity contribution in [1.82, 2.24) is 0 Å². The smallest absolute Gasteiger partial charge is 0.341 e. The Balaban J connectivity index is 1.86. The zero-order chi connectivity index (χ0) is 22.6. The molecule has 0 saturated carbocycles. The van der Waals surface area contributed by atoms with Crippen molar-refractivity contribution in [2.45, 2.75) is 66.4 Å². The third-order valence-electron chi connectivity index (χ3n) is 5.89. The third kappa shape index (κ3) is 5.48. The second-order valence-electron chi connectivity index (χ2n) is 9.05. The molecule has 0 bridgehead atoms. The maximum Gasteiger partial charge on any atom is 0.341 e. The van der Waals surface area contributed by atoms with Crippen LogP contribution in [0.1, 0.15) is 68.3 Å². The number of thiophene rings is 1. The highest BCUT2D eigenvalue weighted by atomic mass is 32.1. The van der Waals surface area contributed by atoms with E-state index in [9.17, 15) is 9.59 Å². The Morgan fingerprint density at radius 1 is 1.19 bits per heavy atom. The van der Waals surface area contributed by atoms with Crippen molar-refractivity contribution in [3.05, 3.63) is 46.3 Å². The average molecular weight is 444 g/mol. The number of anilines is 1. The van der Waals surface area contributed by atoms with Gasteiger partial charge in [-0.1, -0.05) is 45.9 Å². The number of carbonyl (C=O) groups is 2. The summed E-state index contributed by atoms with van der Waals surface area (Å²) in [6.07, 6.45) is 2.66. The summed E-state index contributed by atoms with van der Waals surface area (Å²) in [6, 6.07) is 9.31. The highest BCUT2D eigenvalue weighted by Gasteiger charge is 2.35. The zero-order valence-corrected chi connectivity index (χ0v) is 19.9. The normalized spacial score (nSPS) is 16.9. The number of rotatable bonds is 7. The summed E-state index contributed by atoms with van der Waals surface area (Å²) >= 11 is 1.51. The molecule has 5 nitrogen and oxygen atoms in total. The molecule has 1 N–H and O–H groups in total. The summed E-state index contributed by atoms with van der Waals surface area (Å²) in [5.41, 5.74) is 1.76. The molecule has 168 valence electrons. The zero-order valence-electron chi connectivity index (χ0n) is 19.1. The minimum absolute atomic E-state index is 0.200. The fourth-order valence-corrected chi connectivity index (χ4v) is 5.33. The molecule has 1 aliphatic rings. The van der Waals surface area contributed by atoms with Crippen molar-refractivity contribution >= 4 is 28.2 Å². The number of esters is 1. The number of hydrogen-bond acceptors (Lipinski definition) is 5. The van der Waals surface area contributed by atoms with Crippen LogP contribution >= 0.6 is 11.3 Å². The van der Waals surface area contributed by atoms with Crippen LogP contribution in [0.15, 0.2) is 30.3 Å². The molecule has 3 rings (SSSR count). The molecule has 1 heterocycles. The summed E-state index contributed by atoms with van der Waals surface area (Å²) in [5, 5.41) is 3.57. The summed E-state index contributed by atoms with van der Waals surface area (Å²) in [4.78, 5) is 27.0. The molecule has 0 spiro atoms. The van der Waals surface area contributed by atoms with E-state index in [-0.39, 0.29) is 17.3 Å². The minimum atomic E-state index is -0.640. The van der Waals surface area contributed by atoms with Gasteiger partial charge in [0.25, 0.3) is 5.91 Å². The van der Waals surface area contributed by atoms with Gasteiger partial charge in [0, 0.05) is 4.88 Å².